The normalized spacial score (nSPS) is 15.3. The van der Waals surface area contributed by atoms with E-state index in [-0.39, 0.29) is 43.5 Å². The average molecular weight is 502 g/mol. The number of rotatable bonds is 8. The van der Waals surface area contributed by atoms with Crippen LogP contribution in [0.5, 0.6) is 17.2 Å². The van der Waals surface area contributed by atoms with Crippen LogP contribution in [0.3, 0.4) is 0 Å². The summed E-state index contributed by atoms with van der Waals surface area (Å²) in [6.45, 7) is 1.76. The second-order valence-corrected chi connectivity index (χ2v) is 8.92. The van der Waals surface area contributed by atoms with Gasteiger partial charge in [0.25, 0.3) is 5.91 Å². The molecular weight excluding hydrogens is 474 g/mol. The summed E-state index contributed by atoms with van der Waals surface area (Å²) in [6.07, 6.45) is 1.63. The second-order valence-electron chi connectivity index (χ2n) is 8.52. The van der Waals surface area contributed by atoms with E-state index in [1.807, 2.05) is 6.92 Å². The van der Waals surface area contributed by atoms with Crippen molar-refractivity contribution >= 4 is 35.0 Å². The van der Waals surface area contributed by atoms with Gasteiger partial charge in [-0.05, 0) is 49.6 Å². The zero-order valence-electron chi connectivity index (χ0n) is 20.2. The van der Waals surface area contributed by atoms with Gasteiger partial charge < -0.3 is 24.0 Å². The van der Waals surface area contributed by atoms with Crippen LogP contribution in [0, 0.1) is 6.92 Å². The Balaban J connectivity index is 1.53. The van der Waals surface area contributed by atoms with Gasteiger partial charge in [0.2, 0.25) is 17.6 Å². The van der Waals surface area contributed by atoms with Crippen LogP contribution in [0.2, 0.25) is 5.02 Å². The highest BCUT2D eigenvalue weighted by atomic mass is 35.5. The maximum atomic E-state index is 13.5. The Bertz CT molecular complexity index is 1140. The monoisotopic (exact) mass is 501 g/mol. The zero-order chi connectivity index (χ0) is 25.3. The van der Waals surface area contributed by atoms with E-state index in [4.69, 9.17) is 25.8 Å². The van der Waals surface area contributed by atoms with Gasteiger partial charge in [0, 0.05) is 22.3 Å². The Morgan fingerprint density at radius 3 is 2.31 bits per heavy atom. The van der Waals surface area contributed by atoms with Crippen molar-refractivity contribution in [3.05, 3.63) is 46.5 Å². The van der Waals surface area contributed by atoms with Gasteiger partial charge in [-0.1, -0.05) is 17.7 Å². The highest BCUT2D eigenvalue weighted by molar-refractivity contribution is 6.31. The largest absolute Gasteiger partial charge is 0.493 e. The van der Waals surface area contributed by atoms with Crippen LogP contribution in [-0.2, 0) is 9.59 Å². The van der Waals surface area contributed by atoms with Crippen LogP contribution in [0.1, 0.15) is 28.8 Å². The van der Waals surface area contributed by atoms with Gasteiger partial charge in [0.15, 0.2) is 11.5 Å². The fraction of sp³-hybridized carbons (Fsp3) is 0.400. The molecule has 0 spiro atoms. The Kier molecular flexibility index (Phi) is 7.07. The smallest absolute Gasteiger partial charge is 0.254 e. The Labute approximate surface area is 209 Å². The number of amides is 3. The molecule has 10 heteroatoms. The van der Waals surface area contributed by atoms with Crippen molar-refractivity contribution in [3.63, 3.8) is 0 Å². The minimum Gasteiger partial charge on any atom is -0.493 e. The Morgan fingerprint density at radius 1 is 1.09 bits per heavy atom. The molecule has 0 N–H and O–H groups in total. The first-order chi connectivity index (χ1) is 16.8. The zero-order valence-corrected chi connectivity index (χ0v) is 20.9. The van der Waals surface area contributed by atoms with Gasteiger partial charge in [-0.3, -0.25) is 19.3 Å². The van der Waals surface area contributed by atoms with E-state index in [0.717, 1.165) is 18.4 Å². The van der Waals surface area contributed by atoms with Crippen LogP contribution in [0.4, 0.5) is 5.69 Å². The molecule has 0 unspecified atom stereocenters. The van der Waals surface area contributed by atoms with Crippen molar-refractivity contribution < 1.29 is 28.6 Å². The molecule has 2 fully saturated rings. The van der Waals surface area contributed by atoms with Crippen molar-refractivity contribution in [1.29, 1.82) is 0 Å². The fourth-order valence-electron chi connectivity index (χ4n) is 4.18. The summed E-state index contributed by atoms with van der Waals surface area (Å²) in [6, 6.07) is 8.45. The minimum absolute atomic E-state index is 0.0323. The van der Waals surface area contributed by atoms with Crippen LogP contribution < -0.4 is 19.1 Å². The number of anilines is 1. The molecule has 0 bridgehead atoms. The quantitative estimate of drug-likeness (QED) is 0.552. The van der Waals surface area contributed by atoms with Gasteiger partial charge in [-0.25, -0.2) is 0 Å². The van der Waals surface area contributed by atoms with Crippen molar-refractivity contribution in [2.75, 3.05) is 46.0 Å². The van der Waals surface area contributed by atoms with E-state index in [1.54, 1.807) is 40.1 Å². The van der Waals surface area contributed by atoms with Crippen LogP contribution in [0.25, 0.3) is 0 Å². The first-order valence-electron chi connectivity index (χ1n) is 11.2. The third-order valence-electron chi connectivity index (χ3n) is 6.29. The van der Waals surface area contributed by atoms with Crippen LogP contribution in [-0.4, -0.2) is 74.7 Å². The van der Waals surface area contributed by atoms with Gasteiger partial charge in [-0.2, -0.15) is 0 Å². The Morgan fingerprint density at radius 2 is 1.74 bits per heavy atom. The molecule has 1 saturated carbocycles. The molecule has 0 radical (unpaired) electrons. The van der Waals surface area contributed by atoms with E-state index in [2.05, 4.69) is 0 Å². The van der Waals surface area contributed by atoms with Gasteiger partial charge in [0.05, 0.1) is 21.3 Å². The number of ether oxygens (including phenoxy) is 3. The molecule has 1 aliphatic carbocycles. The molecule has 4 rings (SSSR count). The van der Waals surface area contributed by atoms with Crippen molar-refractivity contribution in [3.8, 4) is 17.2 Å². The molecule has 9 nitrogen and oxygen atoms in total. The number of methoxy groups -OCH3 is 3. The van der Waals surface area contributed by atoms with Gasteiger partial charge in [-0.15, -0.1) is 0 Å². The number of hydrogen-bond donors (Lipinski definition) is 0. The van der Waals surface area contributed by atoms with Crippen molar-refractivity contribution in [2.24, 2.45) is 0 Å². The Hall–Kier alpha value is -3.46. The summed E-state index contributed by atoms with van der Waals surface area (Å²) in [5.74, 6) is 0.288. The van der Waals surface area contributed by atoms with E-state index in [1.165, 1.54) is 26.2 Å². The average Bonchev–Trinajstić information content (AvgIpc) is 3.63. The lowest BCUT2D eigenvalue weighted by Crippen LogP contribution is -2.43. The molecule has 186 valence electrons. The maximum Gasteiger partial charge on any atom is 0.254 e. The lowest BCUT2D eigenvalue weighted by Gasteiger charge is -2.26. The third-order valence-corrected chi connectivity index (χ3v) is 6.70. The van der Waals surface area contributed by atoms with Crippen LogP contribution in [0.15, 0.2) is 30.3 Å². The SMILES string of the molecule is COc1cc(C(=O)N(CC(=O)N2CC(=O)N(c3cccc(Cl)c3C)C2)C2CC2)cc(OC)c1OC. The number of halogens is 1. The molecule has 1 aliphatic heterocycles. The molecule has 1 saturated heterocycles. The summed E-state index contributed by atoms with van der Waals surface area (Å²) >= 11 is 6.22. The second kappa shape index (κ2) is 10.0. The molecule has 35 heavy (non-hydrogen) atoms. The summed E-state index contributed by atoms with van der Waals surface area (Å²) < 4.78 is 16.1. The highest BCUT2D eigenvalue weighted by Gasteiger charge is 2.38. The fourth-order valence-corrected chi connectivity index (χ4v) is 4.35. The molecule has 2 aromatic rings. The minimum atomic E-state index is -0.312. The van der Waals surface area contributed by atoms with E-state index in [9.17, 15) is 14.4 Å². The molecule has 3 amide bonds. The lowest BCUT2D eigenvalue weighted by atomic mass is 10.1. The van der Waals surface area contributed by atoms with E-state index < -0.39 is 0 Å². The van der Waals surface area contributed by atoms with E-state index in [0.29, 0.717) is 33.5 Å². The van der Waals surface area contributed by atoms with Crippen LogP contribution >= 0.6 is 11.6 Å². The molecule has 0 aromatic heterocycles. The number of carbonyl (C=O) groups excluding carboxylic acids is 3. The predicted molar refractivity (Wildman–Crippen MR) is 130 cm³/mol. The molecule has 1 heterocycles. The number of nitrogens with zero attached hydrogens (tertiary/aromatic N) is 3. The summed E-state index contributed by atoms with van der Waals surface area (Å²) in [5.41, 5.74) is 1.77. The molecule has 2 aromatic carbocycles. The predicted octanol–water partition coefficient (Wildman–Crippen LogP) is 3.11. The lowest BCUT2D eigenvalue weighted by molar-refractivity contribution is -0.132. The molecule has 2 aliphatic rings. The standard InChI is InChI=1S/C25H28ClN3O6/c1-15-18(26)6-5-7-19(15)29-14-27(12-23(29)31)22(30)13-28(17-8-9-17)25(32)16-10-20(33-2)24(35-4)21(11-16)34-3/h5-7,10-11,17H,8-9,12-14H2,1-4H3. The third kappa shape index (κ3) is 4.86. The van der Waals surface area contributed by atoms with Gasteiger partial charge in [0.1, 0.15) is 19.8 Å². The summed E-state index contributed by atoms with van der Waals surface area (Å²) in [5, 5.41) is 0.552. The van der Waals surface area contributed by atoms with Gasteiger partial charge >= 0.3 is 0 Å². The first-order valence-corrected chi connectivity index (χ1v) is 11.6. The maximum absolute atomic E-state index is 13.5. The van der Waals surface area contributed by atoms with E-state index >= 15 is 0 Å². The molecule has 0 atom stereocenters. The summed E-state index contributed by atoms with van der Waals surface area (Å²) in [4.78, 5) is 43.9. The summed E-state index contributed by atoms with van der Waals surface area (Å²) in [7, 11) is 4.44. The topological polar surface area (TPSA) is 88.6 Å². The van der Waals surface area contributed by atoms with Crippen molar-refractivity contribution in [2.45, 2.75) is 25.8 Å². The van der Waals surface area contributed by atoms with Crippen molar-refractivity contribution in [1.82, 2.24) is 9.80 Å². The first kappa shape index (κ1) is 24.7. The number of carbonyl (C=O) groups is 3. The number of hydrogen-bond acceptors (Lipinski definition) is 6. The molecular formula is C25H28ClN3O6. The highest BCUT2D eigenvalue weighted by Crippen LogP contribution is 2.39. The number of benzene rings is 2.